The topological polar surface area (TPSA) is 171 Å². The first-order valence-corrected chi connectivity index (χ1v) is 10.3. The van der Waals surface area contributed by atoms with Crippen LogP contribution in [0.3, 0.4) is 0 Å². The number of primary amides is 1. The molecule has 0 aromatic carbocycles. The van der Waals surface area contributed by atoms with Gasteiger partial charge in [0.05, 0.1) is 37.5 Å². The van der Waals surface area contributed by atoms with E-state index >= 15 is 0 Å². The van der Waals surface area contributed by atoms with Crippen LogP contribution in [0.15, 0.2) is 22.6 Å². The maximum atomic E-state index is 13.2. The maximum Gasteiger partial charge on any atom is 0.402 e. The molecule has 4 aliphatic rings. The molecule has 0 saturated carbocycles. The molecule has 3 heterocycles. The first-order chi connectivity index (χ1) is 14.8. The molecule has 12 heteroatoms. The number of aliphatic hydroxyl groups excluding tert-OH is 1. The van der Waals surface area contributed by atoms with Gasteiger partial charge in [0.1, 0.15) is 6.61 Å². The van der Waals surface area contributed by atoms with Crippen molar-refractivity contribution in [2.75, 3.05) is 46.0 Å². The Labute approximate surface area is 183 Å². The number of amides is 1. The summed E-state index contributed by atoms with van der Waals surface area (Å²) < 4.78 is 16.7. The molecule has 1 aliphatic carbocycles. The molecule has 0 spiro atoms. The van der Waals surface area contributed by atoms with E-state index in [0.717, 1.165) is 0 Å². The molecule has 4 unspecified atom stereocenters. The fraction of sp³-hybridized carbons (Fsp3) is 0.632. The molecular formula is C19H26ClN3O8. The predicted molar refractivity (Wildman–Crippen MR) is 107 cm³/mol. The van der Waals surface area contributed by atoms with E-state index < -0.39 is 17.7 Å². The number of hydrogen-bond acceptors (Lipinski definition) is 9. The van der Waals surface area contributed by atoms with Crippen LogP contribution in [-0.2, 0) is 23.8 Å². The number of rotatable bonds is 8. The van der Waals surface area contributed by atoms with Gasteiger partial charge in [0.2, 0.25) is 11.6 Å². The van der Waals surface area contributed by atoms with Crippen molar-refractivity contribution in [2.24, 2.45) is 11.7 Å². The smallest absolute Gasteiger partial charge is 0.402 e. The van der Waals surface area contributed by atoms with Gasteiger partial charge in [-0.1, -0.05) is 0 Å². The number of ketones is 2. The summed E-state index contributed by atoms with van der Waals surface area (Å²) in [6.07, 6.45) is -1.33. The second kappa shape index (κ2) is 9.13. The highest BCUT2D eigenvalue weighted by molar-refractivity contribution is 6.25. The number of fused-ring (bicyclic) bond motifs is 4. The van der Waals surface area contributed by atoms with Crippen LogP contribution in [0.25, 0.3) is 0 Å². The van der Waals surface area contributed by atoms with Crippen LogP contribution in [0, 0.1) is 5.92 Å². The fourth-order valence-corrected chi connectivity index (χ4v) is 4.76. The summed E-state index contributed by atoms with van der Waals surface area (Å²) in [5.74, 6) is -0.822. The predicted octanol–water partition coefficient (Wildman–Crippen LogP) is -0.818. The number of nitrogens with two attached hydrogens (primary N) is 1. The lowest BCUT2D eigenvalue weighted by Gasteiger charge is -2.39. The van der Waals surface area contributed by atoms with E-state index in [1.165, 1.54) is 0 Å². The molecule has 2 saturated heterocycles. The monoisotopic (exact) mass is 459 g/mol. The molecule has 1 amide bonds. The van der Waals surface area contributed by atoms with Gasteiger partial charge in [-0.2, -0.15) is 0 Å². The Balaban J connectivity index is 0.000000628. The molecule has 172 valence electrons. The highest BCUT2D eigenvalue weighted by atomic mass is 35.5. The number of nitrogens with zero attached hydrogens (tertiary/aromatic N) is 1. The van der Waals surface area contributed by atoms with Crippen molar-refractivity contribution < 1.29 is 38.8 Å². The highest BCUT2D eigenvalue weighted by Crippen LogP contribution is 2.55. The number of ether oxygens (including phenoxy) is 3. The minimum atomic E-state index is -1.33. The van der Waals surface area contributed by atoms with Crippen LogP contribution >= 0.6 is 11.6 Å². The third-order valence-electron chi connectivity index (χ3n) is 5.86. The Bertz CT molecular complexity index is 840. The number of aliphatic hydroxyl groups is 1. The highest BCUT2D eigenvalue weighted by Gasteiger charge is 2.72. The number of alkyl halides is 1. The van der Waals surface area contributed by atoms with Crippen LogP contribution in [0.5, 0.6) is 0 Å². The standard InChI is InChI=1S/C18H23ClN2O6.CH3NO2/c1-9-14(23)13-12(15(24)16(9)27-6-5-26-4-3-19)10(8-22)18(25-2)17-11(20-17)7-21(13)18;2-1(3)4/h10-11,17,20,22H,3-8H2,1-2H3;2H2,(H,3,4). The maximum absolute atomic E-state index is 13.2. The number of halogens is 1. The van der Waals surface area contributed by atoms with Gasteiger partial charge in [0.15, 0.2) is 11.5 Å². The Morgan fingerprint density at radius 2 is 2.00 bits per heavy atom. The van der Waals surface area contributed by atoms with Crippen molar-refractivity contribution in [1.82, 2.24) is 10.2 Å². The lowest BCUT2D eigenvalue weighted by Crippen LogP contribution is -2.54. The van der Waals surface area contributed by atoms with E-state index in [1.54, 1.807) is 14.0 Å². The van der Waals surface area contributed by atoms with Crippen LogP contribution in [0.4, 0.5) is 4.79 Å². The number of carbonyl (C=O) groups excluding carboxylic acids is 2. The van der Waals surface area contributed by atoms with Crippen LogP contribution in [-0.4, -0.2) is 96.5 Å². The average Bonchev–Trinajstić information content (AvgIpc) is 3.33. The Morgan fingerprint density at radius 1 is 1.32 bits per heavy atom. The van der Waals surface area contributed by atoms with Crippen molar-refractivity contribution in [2.45, 2.75) is 24.7 Å². The zero-order chi connectivity index (χ0) is 22.9. The SMILES string of the molecule is COC12C(CO)C3=C(C(=O)C(C)=C(OCCOCCCl)C3=O)N1CC1NC12.NC(=O)O. The summed E-state index contributed by atoms with van der Waals surface area (Å²) in [4.78, 5) is 36.9. The second-order valence-electron chi connectivity index (χ2n) is 7.42. The molecule has 4 atom stereocenters. The molecule has 5 N–H and O–H groups in total. The van der Waals surface area contributed by atoms with Crippen molar-refractivity contribution >= 4 is 29.3 Å². The minimum absolute atomic E-state index is 0.0144. The molecule has 31 heavy (non-hydrogen) atoms. The molecule has 0 aromatic rings. The van der Waals surface area contributed by atoms with Gasteiger partial charge >= 0.3 is 6.09 Å². The Morgan fingerprint density at radius 3 is 2.58 bits per heavy atom. The van der Waals surface area contributed by atoms with Gasteiger partial charge in [-0.15, -0.1) is 11.6 Å². The molecule has 0 aromatic heterocycles. The molecule has 4 rings (SSSR count). The van der Waals surface area contributed by atoms with E-state index in [0.29, 0.717) is 30.3 Å². The number of methoxy groups -OCH3 is 1. The molecule has 0 bridgehead atoms. The first kappa shape index (κ1) is 23.5. The van der Waals surface area contributed by atoms with E-state index in [9.17, 15) is 14.7 Å². The van der Waals surface area contributed by atoms with Crippen LogP contribution in [0.2, 0.25) is 0 Å². The summed E-state index contributed by atoms with van der Waals surface area (Å²) in [7, 11) is 1.55. The number of carbonyl (C=O) groups is 3. The lowest BCUT2D eigenvalue weighted by atomic mass is 9.83. The Hall–Kier alpha value is -2.18. The van der Waals surface area contributed by atoms with Gasteiger partial charge in [-0.3, -0.25) is 9.59 Å². The van der Waals surface area contributed by atoms with E-state index in [4.69, 9.17) is 35.7 Å². The van der Waals surface area contributed by atoms with E-state index in [-0.39, 0.29) is 54.8 Å². The number of allylic oxidation sites excluding steroid dienone is 2. The van der Waals surface area contributed by atoms with Crippen molar-refractivity contribution in [3.05, 3.63) is 22.6 Å². The summed E-state index contributed by atoms with van der Waals surface area (Å²) in [6.45, 7) is 2.66. The number of piperazine rings is 1. The molecule has 2 fully saturated rings. The normalized spacial score (nSPS) is 30.6. The summed E-state index contributed by atoms with van der Waals surface area (Å²) in [5, 5.41) is 20.6. The second-order valence-corrected chi connectivity index (χ2v) is 7.79. The fourth-order valence-electron chi connectivity index (χ4n) is 4.65. The van der Waals surface area contributed by atoms with Gasteiger partial charge in [-0.05, 0) is 6.92 Å². The molecular weight excluding hydrogens is 434 g/mol. The minimum Gasteiger partial charge on any atom is -0.487 e. The zero-order valence-corrected chi connectivity index (χ0v) is 18.0. The number of nitrogens with one attached hydrogen (secondary N) is 1. The molecule has 0 radical (unpaired) electrons. The van der Waals surface area contributed by atoms with Gasteiger partial charge in [0.25, 0.3) is 0 Å². The summed E-state index contributed by atoms with van der Waals surface area (Å²) >= 11 is 5.55. The van der Waals surface area contributed by atoms with E-state index in [1.807, 2.05) is 4.90 Å². The van der Waals surface area contributed by atoms with Gasteiger partial charge < -0.3 is 40.4 Å². The van der Waals surface area contributed by atoms with Crippen molar-refractivity contribution in [3.8, 4) is 0 Å². The third kappa shape index (κ3) is 3.80. The summed E-state index contributed by atoms with van der Waals surface area (Å²) in [6, 6.07) is 0.191. The zero-order valence-electron chi connectivity index (χ0n) is 17.2. The average molecular weight is 460 g/mol. The van der Waals surface area contributed by atoms with E-state index in [2.05, 4.69) is 11.1 Å². The van der Waals surface area contributed by atoms with Crippen molar-refractivity contribution in [3.63, 3.8) is 0 Å². The van der Waals surface area contributed by atoms with Gasteiger partial charge in [0, 0.05) is 36.7 Å². The number of hydrogen-bond donors (Lipinski definition) is 4. The third-order valence-corrected chi connectivity index (χ3v) is 6.01. The van der Waals surface area contributed by atoms with Crippen LogP contribution < -0.4 is 11.1 Å². The Kier molecular flexibility index (Phi) is 6.92. The lowest BCUT2D eigenvalue weighted by molar-refractivity contribution is -0.137. The first-order valence-electron chi connectivity index (χ1n) is 9.75. The number of Topliss-reactive ketones (excluding diaryl/α,β-unsaturated/α-hetero) is 2. The van der Waals surface area contributed by atoms with Gasteiger partial charge in [-0.25, -0.2) is 4.79 Å². The molecule has 3 aliphatic heterocycles. The summed E-state index contributed by atoms with van der Waals surface area (Å²) in [5.41, 5.74) is 4.03. The molecule has 11 nitrogen and oxygen atoms in total. The van der Waals surface area contributed by atoms with Crippen LogP contribution in [0.1, 0.15) is 6.92 Å². The van der Waals surface area contributed by atoms with Crippen molar-refractivity contribution in [1.29, 1.82) is 0 Å². The largest absolute Gasteiger partial charge is 0.487 e. The number of carboxylic acid groups (broad SMARTS) is 1. The quantitative estimate of drug-likeness (QED) is 0.155.